The summed E-state index contributed by atoms with van der Waals surface area (Å²) in [5.74, 6) is -1.85. The average Bonchev–Trinajstić information content (AvgIpc) is 2.37. The van der Waals surface area contributed by atoms with E-state index in [4.69, 9.17) is 4.74 Å². The molecule has 1 rings (SSSR count). The Hall–Kier alpha value is -1.33. The van der Waals surface area contributed by atoms with Crippen LogP contribution in [0.3, 0.4) is 0 Å². The van der Waals surface area contributed by atoms with Crippen LogP contribution in [0.25, 0.3) is 0 Å². The normalized spacial score (nSPS) is 12.7. The van der Waals surface area contributed by atoms with Crippen LogP contribution in [0.5, 0.6) is 0 Å². The minimum absolute atomic E-state index is 0.0764. The summed E-state index contributed by atoms with van der Waals surface area (Å²) in [5, 5.41) is 0. The van der Waals surface area contributed by atoms with Crippen molar-refractivity contribution < 1.29 is 18.3 Å². The molecule has 1 aromatic rings. The summed E-state index contributed by atoms with van der Waals surface area (Å²) in [6.45, 7) is 2.98. The van der Waals surface area contributed by atoms with Gasteiger partial charge in [0.1, 0.15) is 11.6 Å². The molecular formula is C14H19F2NO2. The van der Waals surface area contributed by atoms with Gasteiger partial charge < -0.3 is 4.74 Å². The van der Waals surface area contributed by atoms with Gasteiger partial charge in [-0.15, -0.1) is 0 Å². The number of benzene rings is 1. The van der Waals surface area contributed by atoms with E-state index in [0.717, 1.165) is 18.6 Å². The first-order valence-corrected chi connectivity index (χ1v) is 6.15. The minimum atomic E-state index is -0.817. The molecule has 0 spiro atoms. The molecule has 0 heterocycles. The highest BCUT2D eigenvalue weighted by Gasteiger charge is 2.22. The van der Waals surface area contributed by atoms with Crippen LogP contribution in [-0.4, -0.2) is 44.0 Å². The molecule has 0 fully saturated rings. The number of carbonyl (C=O) groups is 1. The number of Topliss-reactive ketones (excluding diaryl/α,β-unsaturated/α-hetero) is 1. The Labute approximate surface area is 112 Å². The lowest BCUT2D eigenvalue weighted by atomic mass is 10.0. The molecule has 0 saturated carbocycles. The Bertz CT molecular complexity index is 437. The largest absolute Gasteiger partial charge is 0.385 e. The fourth-order valence-corrected chi connectivity index (χ4v) is 1.77. The van der Waals surface area contributed by atoms with Crippen molar-refractivity contribution in [1.82, 2.24) is 4.90 Å². The average molecular weight is 271 g/mol. The molecule has 106 valence electrons. The minimum Gasteiger partial charge on any atom is -0.385 e. The molecule has 0 saturated heterocycles. The van der Waals surface area contributed by atoms with E-state index in [9.17, 15) is 13.6 Å². The number of halogens is 2. The van der Waals surface area contributed by atoms with Crippen molar-refractivity contribution in [2.45, 2.75) is 19.4 Å². The van der Waals surface area contributed by atoms with E-state index in [2.05, 4.69) is 0 Å². The van der Waals surface area contributed by atoms with Crippen LogP contribution in [0.1, 0.15) is 23.7 Å². The summed E-state index contributed by atoms with van der Waals surface area (Å²) in [7, 11) is 3.40. The SMILES string of the molecule is COCCCN(C)C(C)C(=O)c1ccc(F)cc1F. The summed E-state index contributed by atoms with van der Waals surface area (Å²) in [6, 6.07) is 2.54. The zero-order chi connectivity index (χ0) is 14.4. The van der Waals surface area contributed by atoms with Gasteiger partial charge in [-0.1, -0.05) is 0 Å². The smallest absolute Gasteiger partial charge is 0.182 e. The summed E-state index contributed by atoms with van der Waals surface area (Å²) in [5.41, 5.74) is -0.0764. The van der Waals surface area contributed by atoms with Crippen molar-refractivity contribution in [3.8, 4) is 0 Å². The van der Waals surface area contributed by atoms with Crippen LogP contribution < -0.4 is 0 Å². The third-order valence-electron chi connectivity index (χ3n) is 3.10. The second kappa shape index (κ2) is 7.31. The first kappa shape index (κ1) is 15.7. The monoisotopic (exact) mass is 271 g/mol. The van der Waals surface area contributed by atoms with E-state index in [0.29, 0.717) is 13.2 Å². The van der Waals surface area contributed by atoms with Gasteiger partial charge >= 0.3 is 0 Å². The molecule has 3 nitrogen and oxygen atoms in total. The number of ketones is 1. The second-order valence-electron chi connectivity index (χ2n) is 4.49. The third-order valence-corrected chi connectivity index (χ3v) is 3.10. The van der Waals surface area contributed by atoms with Gasteiger partial charge in [0.25, 0.3) is 0 Å². The van der Waals surface area contributed by atoms with Gasteiger partial charge in [-0.2, -0.15) is 0 Å². The van der Waals surface area contributed by atoms with Crippen LogP contribution in [0.2, 0.25) is 0 Å². The predicted octanol–water partition coefficient (Wildman–Crippen LogP) is 2.50. The van der Waals surface area contributed by atoms with Gasteiger partial charge in [0, 0.05) is 26.3 Å². The van der Waals surface area contributed by atoms with E-state index >= 15 is 0 Å². The fraction of sp³-hybridized carbons (Fsp3) is 0.500. The highest BCUT2D eigenvalue weighted by atomic mass is 19.1. The molecule has 1 unspecified atom stereocenters. The lowest BCUT2D eigenvalue weighted by Crippen LogP contribution is -2.37. The second-order valence-corrected chi connectivity index (χ2v) is 4.49. The Morgan fingerprint density at radius 2 is 2.11 bits per heavy atom. The van der Waals surface area contributed by atoms with Gasteiger partial charge in [-0.25, -0.2) is 8.78 Å². The summed E-state index contributed by atoms with van der Waals surface area (Å²) in [4.78, 5) is 13.9. The molecule has 5 heteroatoms. The van der Waals surface area contributed by atoms with Crippen molar-refractivity contribution in [2.24, 2.45) is 0 Å². The van der Waals surface area contributed by atoms with Gasteiger partial charge in [-0.3, -0.25) is 9.69 Å². The molecule has 1 aromatic carbocycles. The van der Waals surface area contributed by atoms with Gasteiger partial charge in [0.2, 0.25) is 0 Å². The summed E-state index contributed by atoms with van der Waals surface area (Å²) in [6.07, 6.45) is 0.788. The Morgan fingerprint density at radius 1 is 1.42 bits per heavy atom. The Balaban J connectivity index is 2.70. The number of rotatable bonds is 7. The number of methoxy groups -OCH3 is 1. The lowest BCUT2D eigenvalue weighted by Gasteiger charge is -2.23. The molecule has 0 aromatic heterocycles. The zero-order valence-corrected chi connectivity index (χ0v) is 11.5. The summed E-state index contributed by atoms with van der Waals surface area (Å²) >= 11 is 0. The maximum Gasteiger partial charge on any atom is 0.182 e. The van der Waals surface area contributed by atoms with Crippen LogP contribution >= 0.6 is 0 Å². The number of hydrogen-bond acceptors (Lipinski definition) is 3. The maximum absolute atomic E-state index is 13.5. The van der Waals surface area contributed by atoms with E-state index < -0.39 is 17.7 Å². The van der Waals surface area contributed by atoms with Crippen LogP contribution in [-0.2, 0) is 4.74 Å². The number of ether oxygens (including phenoxy) is 1. The fourth-order valence-electron chi connectivity index (χ4n) is 1.77. The Kier molecular flexibility index (Phi) is 6.05. The quantitative estimate of drug-likeness (QED) is 0.563. The molecule has 0 N–H and O–H groups in total. The summed E-state index contributed by atoms with van der Waals surface area (Å²) < 4.78 is 31.3. The number of likely N-dealkylation sites (N-methyl/N-ethyl adjacent to an activating group) is 1. The first-order chi connectivity index (χ1) is 8.97. The topological polar surface area (TPSA) is 29.5 Å². The number of hydrogen-bond donors (Lipinski definition) is 0. The van der Waals surface area contributed by atoms with Crippen molar-refractivity contribution in [2.75, 3.05) is 27.3 Å². The van der Waals surface area contributed by atoms with Crippen molar-refractivity contribution >= 4 is 5.78 Å². The van der Waals surface area contributed by atoms with Crippen molar-refractivity contribution in [1.29, 1.82) is 0 Å². The van der Waals surface area contributed by atoms with Gasteiger partial charge in [-0.05, 0) is 32.5 Å². The number of carbonyl (C=O) groups excluding carboxylic acids is 1. The standard InChI is InChI=1S/C14H19F2NO2/c1-10(17(2)7-4-8-19-3)14(18)12-6-5-11(15)9-13(12)16/h5-6,9-10H,4,7-8H2,1-3H3. The predicted molar refractivity (Wildman–Crippen MR) is 69.3 cm³/mol. The zero-order valence-electron chi connectivity index (χ0n) is 11.5. The Morgan fingerprint density at radius 3 is 2.68 bits per heavy atom. The lowest BCUT2D eigenvalue weighted by molar-refractivity contribution is 0.0851. The van der Waals surface area contributed by atoms with Gasteiger partial charge in [0.05, 0.1) is 11.6 Å². The van der Waals surface area contributed by atoms with E-state index in [1.807, 2.05) is 4.90 Å². The molecular weight excluding hydrogens is 252 g/mol. The first-order valence-electron chi connectivity index (χ1n) is 6.15. The number of nitrogens with zero attached hydrogens (tertiary/aromatic N) is 1. The molecule has 0 radical (unpaired) electrons. The highest BCUT2D eigenvalue weighted by molar-refractivity contribution is 6.00. The molecule has 1 atom stereocenters. The third kappa shape index (κ3) is 4.36. The maximum atomic E-state index is 13.5. The van der Waals surface area contributed by atoms with Crippen LogP contribution in [0, 0.1) is 11.6 Å². The van der Waals surface area contributed by atoms with Crippen molar-refractivity contribution in [3.05, 3.63) is 35.4 Å². The van der Waals surface area contributed by atoms with E-state index in [-0.39, 0.29) is 11.3 Å². The van der Waals surface area contributed by atoms with Gasteiger partial charge in [0.15, 0.2) is 5.78 Å². The van der Waals surface area contributed by atoms with Crippen molar-refractivity contribution in [3.63, 3.8) is 0 Å². The van der Waals surface area contributed by atoms with E-state index in [1.54, 1.807) is 21.1 Å². The van der Waals surface area contributed by atoms with Crippen LogP contribution in [0.15, 0.2) is 18.2 Å². The molecule has 0 amide bonds. The molecule has 0 aliphatic rings. The van der Waals surface area contributed by atoms with E-state index in [1.165, 1.54) is 6.07 Å². The molecule has 0 bridgehead atoms. The van der Waals surface area contributed by atoms with Crippen LogP contribution in [0.4, 0.5) is 8.78 Å². The molecule has 0 aliphatic carbocycles. The molecule has 19 heavy (non-hydrogen) atoms. The highest BCUT2D eigenvalue weighted by Crippen LogP contribution is 2.14. The molecule has 0 aliphatic heterocycles.